The van der Waals surface area contributed by atoms with E-state index >= 15 is 0 Å². The summed E-state index contributed by atoms with van der Waals surface area (Å²) in [6.07, 6.45) is 87.2. The minimum atomic E-state index is -4.48. The van der Waals surface area contributed by atoms with Gasteiger partial charge in [0.1, 0.15) is 19.3 Å². The summed E-state index contributed by atoms with van der Waals surface area (Å²) in [5.41, 5.74) is 0. The summed E-state index contributed by atoms with van der Waals surface area (Å²) in [5.74, 6) is -0.619. The molecule has 9 nitrogen and oxygen atoms in total. The van der Waals surface area contributed by atoms with Crippen molar-refractivity contribution in [1.29, 1.82) is 0 Å². The fourth-order valence-electron chi connectivity index (χ4n) is 8.58. The third-order valence-corrected chi connectivity index (χ3v) is 14.5. The third kappa shape index (κ3) is 60.5. The molecule has 2 N–H and O–H groups in total. The van der Waals surface area contributed by atoms with Crippen LogP contribution in [0.5, 0.6) is 0 Å². The Morgan fingerprint density at radius 3 is 1.20 bits per heavy atom. The highest BCUT2D eigenvalue weighted by Gasteiger charge is 2.30. The van der Waals surface area contributed by atoms with Crippen LogP contribution in [0, 0.1) is 0 Å². The number of hydrogen-bond donors (Lipinski definition) is 2. The van der Waals surface area contributed by atoms with Crippen molar-refractivity contribution in [2.45, 2.75) is 258 Å². The quantitative estimate of drug-likeness (QED) is 0.0205. The number of amides is 1. The molecule has 0 bridgehead atoms. The predicted molar refractivity (Wildman–Crippen MR) is 355 cm³/mol. The van der Waals surface area contributed by atoms with Crippen LogP contribution in [0.1, 0.15) is 245 Å². The number of allylic oxidation sites excluding steroid dienone is 23. The van der Waals surface area contributed by atoms with Crippen LogP contribution in [0.2, 0.25) is 0 Å². The smallest absolute Gasteiger partial charge is 0.456 e. The van der Waals surface area contributed by atoms with Crippen LogP contribution in [-0.2, 0) is 27.9 Å². The predicted octanol–water partition coefficient (Wildman–Crippen LogP) is 20.6. The van der Waals surface area contributed by atoms with Crippen molar-refractivity contribution in [2.24, 2.45) is 0 Å². The number of unbranched alkanes of at least 4 members (excludes halogenated alkanes) is 19. The van der Waals surface area contributed by atoms with Gasteiger partial charge in [-0.2, -0.15) is 0 Å². The topological polar surface area (TPSA) is 111 Å². The molecule has 0 rings (SSSR count). The first-order valence-corrected chi connectivity index (χ1v) is 34.2. The van der Waals surface area contributed by atoms with Gasteiger partial charge in [-0.3, -0.25) is 18.6 Å². The monoisotopic (exact) mass is 1160 g/mol. The number of esters is 1. The molecule has 0 aliphatic rings. The first kappa shape index (κ1) is 77.9. The van der Waals surface area contributed by atoms with Crippen molar-refractivity contribution >= 4 is 19.7 Å². The normalized spacial score (nSPS) is 14.6. The summed E-state index contributed by atoms with van der Waals surface area (Å²) in [7, 11) is 1.43. The van der Waals surface area contributed by atoms with Crippen molar-refractivity contribution in [2.75, 3.05) is 40.9 Å². The van der Waals surface area contributed by atoms with E-state index in [1.807, 2.05) is 39.4 Å². The lowest BCUT2D eigenvalue weighted by Crippen LogP contribution is -2.47. The number of likely N-dealkylation sites (N-methyl/N-ethyl adjacent to an activating group) is 1. The molecule has 0 saturated heterocycles. The summed E-state index contributed by atoms with van der Waals surface area (Å²) in [5, 5.41) is 3.03. The number of phosphoric acid groups is 1. The maximum atomic E-state index is 13.6. The lowest BCUT2D eigenvalue weighted by molar-refractivity contribution is -0.870. The van der Waals surface area contributed by atoms with Crippen LogP contribution in [0.25, 0.3) is 0 Å². The van der Waals surface area contributed by atoms with E-state index in [4.69, 9.17) is 13.8 Å². The largest absolute Gasteiger partial charge is 0.472 e. The van der Waals surface area contributed by atoms with E-state index in [0.29, 0.717) is 23.9 Å². The lowest BCUT2D eigenvalue weighted by atomic mass is 10.0. The number of carbonyl (C=O) groups excluding carboxylic acids is 2. The van der Waals surface area contributed by atoms with Crippen LogP contribution >= 0.6 is 7.82 Å². The van der Waals surface area contributed by atoms with Gasteiger partial charge >= 0.3 is 13.8 Å². The SMILES string of the molecule is CC/C=C\C/C=C\C/C=C\C/C=C\C/C=C\C/C=C\CCC(=O)OC(/C=C\CCCCCCCCCCCC)C(COP(=O)(O)OCC[N+](C)(C)C)NC(=O)CCCCCCCCCCC/C=C\C/C=C\C/C=C\C/C=C\C/C=C\CC. The van der Waals surface area contributed by atoms with Gasteiger partial charge in [0.2, 0.25) is 5.91 Å². The second-order valence-corrected chi connectivity index (χ2v) is 24.0. The highest BCUT2D eigenvalue weighted by Crippen LogP contribution is 2.43. The van der Waals surface area contributed by atoms with Gasteiger partial charge in [-0.25, -0.2) is 4.57 Å². The third-order valence-electron chi connectivity index (χ3n) is 13.5. The molecule has 466 valence electrons. The zero-order valence-electron chi connectivity index (χ0n) is 53.2. The number of phosphoric ester groups is 1. The summed E-state index contributed by atoms with van der Waals surface area (Å²) in [6.45, 7) is 6.72. The van der Waals surface area contributed by atoms with E-state index in [9.17, 15) is 19.0 Å². The zero-order chi connectivity index (χ0) is 60.0. The molecule has 3 unspecified atom stereocenters. The van der Waals surface area contributed by atoms with Crippen molar-refractivity contribution in [1.82, 2.24) is 5.32 Å². The Balaban J connectivity index is 5.28. The van der Waals surface area contributed by atoms with E-state index in [1.54, 1.807) is 0 Å². The molecule has 0 fully saturated rings. The Morgan fingerprint density at radius 2 is 0.793 bits per heavy atom. The number of nitrogens with zero attached hydrogens (tertiary/aromatic N) is 1. The second-order valence-electron chi connectivity index (χ2n) is 22.5. The summed E-state index contributed by atoms with van der Waals surface area (Å²) < 4.78 is 30.7. The Morgan fingerprint density at radius 1 is 0.439 bits per heavy atom. The molecule has 10 heteroatoms. The van der Waals surface area contributed by atoms with Crippen molar-refractivity contribution in [3.8, 4) is 0 Å². The van der Waals surface area contributed by atoms with Gasteiger partial charge in [0.15, 0.2) is 0 Å². The number of nitrogens with one attached hydrogen (secondary N) is 1. The average Bonchev–Trinajstić information content (AvgIpc) is 3.44. The molecule has 0 aromatic carbocycles. The molecule has 0 aromatic heterocycles. The molecule has 82 heavy (non-hydrogen) atoms. The maximum Gasteiger partial charge on any atom is 0.472 e. The van der Waals surface area contributed by atoms with Gasteiger partial charge in [0.05, 0.1) is 33.8 Å². The Kier molecular flexibility index (Phi) is 57.0. The zero-order valence-corrected chi connectivity index (χ0v) is 54.1. The molecule has 0 heterocycles. The van der Waals surface area contributed by atoms with Gasteiger partial charge in [-0.05, 0) is 115 Å². The van der Waals surface area contributed by atoms with Crippen LogP contribution in [0.15, 0.2) is 146 Å². The van der Waals surface area contributed by atoms with Crippen molar-refractivity contribution < 1.29 is 37.3 Å². The highest BCUT2D eigenvalue weighted by atomic mass is 31.2. The lowest BCUT2D eigenvalue weighted by Gasteiger charge is -2.27. The molecule has 0 saturated carbocycles. The molecule has 0 radical (unpaired) electrons. The van der Waals surface area contributed by atoms with Crippen molar-refractivity contribution in [3.63, 3.8) is 0 Å². The first-order chi connectivity index (χ1) is 39.9. The van der Waals surface area contributed by atoms with Gasteiger partial charge in [-0.1, -0.05) is 263 Å². The second kappa shape index (κ2) is 60.0. The number of ether oxygens (including phenoxy) is 1. The molecular formula is C72H122N2O7P+. The molecule has 0 aliphatic heterocycles. The standard InChI is InChI=1S/C72H121N2O7P/c1-7-10-13-16-19-22-25-28-30-32-34-35-36-37-38-39-41-42-44-46-49-52-55-58-61-64-71(75)73-69(68-80-82(77,78)79-67-66-74(4,5)6)70(63-60-57-54-51-48-27-24-21-18-15-12-9-3)81-72(76)65-62-59-56-53-50-47-45-43-40-33-31-29-26-23-20-17-14-11-8-2/h10-11,13-14,19-20,22-23,28-31,34-35,37-38,40,43,47,50,56,59-60,63,69-70H,7-9,12,15-18,21,24-27,32-33,36,39,41-42,44-46,48-49,51-55,57-58,61-62,64-68H2,1-6H3,(H-,73,75,77,78)/p+1/b13-10-,14-11-,22-19-,23-20-,30-28-,31-29-,35-34-,38-37-,43-40-,50-47-,59-56-,63-60-. The van der Waals surface area contributed by atoms with Crippen LogP contribution < -0.4 is 5.32 Å². The minimum absolute atomic E-state index is 0.0197. The fraction of sp³-hybridized carbons (Fsp3) is 0.639. The van der Waals surface area contributed by atoms with E-state index in [2.05, 4.69) is 154 Å². The van der Waals surface area contributed by atoms with Gasteiger partial charge < -0.3 is 19.4 Å². The van der Waals surface area contributed by atoms with E-state index in [1.165, 1.54) is 83.5 Å². The van der Waals surface area contributed by atoms with E-state index in [0.717, 1.165) is 122 Å². The van der Waals surface area contributed by atoms with Gasteiger partial charge in [0, 0.05) is 12.8 Å². The molecule has 0 aromatic rings. The molecule has 3 atom stereocenters. The Hall–Kier alpha value is -4.11. The molecule has 1 amide bonds. The number of rotatable bonds is 57. The van der Waals surface area contributed by atoms with Crippen LogP contribution in [0.3, 0.4) is 0 Å². The number of carbonyl (C=O) groups is 2. The van der Waals surface area contributed by atoms with E-state index < -0.39 is 25.9 Å². The van der Waals surface area contributed by atoms with Gasteiger partial charge in [0.25, 0.3) is 0 Å². The first-order valence-electron chi connectivity index (χ1n) is 32.7. The summed E-state index contributed by atoms with van der Waals surface area (Å²) in [4.78, 5) is 37.8. The molecule has 0 spiro atoms. The molecular weight excluding hydrogens is 1040 g/mol. The Labute approximate surface area is 504 Å². The van der Waals surface area contributed by atoms with E-state index in [-0.39, 0.29) is 25.5 Å². The fourth-order valence-corrected chi connectivity index (χ4v) is 9.32. The van der Waals surface area contributed by atoms with Crippen LogP contribution in [-0.4, -0.2) is 74.3 Å². The van der Waals surface area contributed by atoms with Gasteiger partial charge in [-0.15, -0.1) is 0 Å². The summed E-state index contributed by atoms with van der Waals surface area (Å²) in [6, 6.07) is -0.894. The maximum absolute atomic E-state index is 13.6. The highest BCUT2D eigenvalue weighted by molar-refractivity contribution is 7.47. The summed E-state index contributed by atoms with van der Waals surface area (Å²) >= 11 is 0. The van der Waals surface area contributed by atoms with Crippen LogP contribution in [0.4, 0.5) is 0 Å². The number of quaternary nitrogens is 1. The molecule has 0 aliphatic carbocycles. The number of hydrogen-bond acceptors (Lipinski definition) is 6. The Bertz CT molecular complexity index is 1910. The van der Waals surface area contributed by atoms with Crippen molar-refractivity contribution in [3.05, 3.63) is 146 Å². The average molecular weight is 1160 g/mol. The minimum Gasteiger partial charge on any atom is -0.456 e.